The molecule has 3 aromatic rings. The maximum absolute atomic E-state index is 9.80. The molecule has 1 saturated carbocycles. The standard InChI is InChI=1S/C24H33N5O2S/c1-14-15(2)19(12-17(14)13-30)27-22-21(23-28-18-8-5-6-9-20(18)32-23)16(3)26-24(29-22)25-10-7-11-31-4/h5-6,8-9,14-15,17,19,30H,7,10-13H2,1-4H3,(H2,25,26,27,29)/t14-,15+,17+,19+/m0/s1. The van der Waals surface area contributed by atoms with Crippen LogP contribution < -0.4 is 10.6 Å². The Kier molecular flexibility index (Phi) is 7.23. The van der Waals surface area contributed by atoms with Crippen molar-refractivity contribution in [3.05, 3.63) is 30.0 Å². The van der Waals surface area contributed by atoms with Crippen molar-refractivity contribution in [2.75, 3.05) is 37.5 Å². The van der Waals surface area contributed by atoms with Crippen LogP contribution in [0.5, 0.6) is 0 Å². The number of hydrogen-bond acceptors (Lipinski definition) is 8. The lowest BCUT2D eigenvalue weighted by Crippen LogP contribution is -2.25. The van der Waals surface area contributed by atoms with Crippen LogP contribution in [0.25, 0.3) is 20.8 Å². The Bertz CT molecular complexity index is 1020. The Balaban J connectivity index is 1.69. The van der Waals surface area contributed by atoms with Crippen LogP contribution >= 0.6 is 11.3 Å². The summed E-state index contributed by atoms with van der Waals surface area (Å²) < 4.78 is 6.29. The molecule has 3 N–H and O–H groups in total. The number of nitrogens with one attached hydrogen (secondary N) is 2. The number of aliphatic hydroxyl groups is 1. The Morgan fingerprint density at radius 2 is 1.97 bits per heavy atom. The van der Waals surface area contributed by atoms with E-state index in [9.17, 15) is 5.11 Å². The highest BCUT2D eigenvalue weighted by Crippen LogP contribution is 2.41. The summed E-state index contributed by atoms with van der Waals surface area (Å²) in [4.78, 5) is 14.5. The molecule has 1 aliphatic carbocycles. The van der Waals surface area contributed by atoms with Gasteiger partial charge in [-0.1, -0.05) is 26.0 Å². The van der Waals surface area contributed by atoms with Crippen molar-refractivity contribution in [3.63, 3.8) is 0 Å². The fourth-order valence-electron chi connectivity index (χ4n) is 4.57. The van der Waals surface area contributed by atoms with E-state index in [2.05, 4.69) is 30.5 Å². The second-order valence-electron chi connectivity index (χ2n) is 8.76. The van der Waals surface area contributed by atoms with Crippen molar-refractivity contribution >= 4 is 33.3 Å². The number of anilines is 2. The predicted molar refractivity (Wildman–Crippen MR) is 131 cm³/mol. The SMILES string of the molecule is COCCCNc1nc(C)c(-c2nc3ccccc3s2)c(N[C@@H]2C[C@H](CO)[C@@H](C)[C@H]2C)n1. The number of para-hydroxylation sites is 1. The highest BCUT2D eigenvalue weighted by molar-refractivity contribution is 7.21. The lowest BCUT2D eigenvalue weighted by molar-refractivity contribution is 0.191. The number of rotatable bonds is 9. The van der Waals surface area contributed by atoms with Crippen LogP contribution in [0.3, 0.4) is 0 Å². The molecule has 0 saturated heterocycles. The van der Waals surface area contributed by atoms with Gasteiger partial charge in [0.15, 0.2) is 0 Å². The molecule has 1 aliphatic rings. The molecule has 2 heterocycles. The fraction of sp³-hybridized carbons (Fsp3) is 0.542. The van der Waals surface area contributed by atoms with E-state index in [-0.39, 0.29) is 12.6 Å². The zero-order chi connectivity index (χ0) is 22.7. The number of aryl methyl sites for hydroxylation is 1. The topological polar surface area (TPSA) is 92.2 Å². The molecule has 0 spiro atoms. The van der Waals surface area contributed by atoms with Crippen LogP contribution in [-0.4, -0.2) is 53.0 Å². The van der Waals surface area contributed by atoms with Gasteiger partial charge < -0.3 is 20.5 Å². The van der Waals surface area contributed by atoms with E-state index < -0.39 is 0 Å². The lowest BCUT2D eigenvalue weighted by atomic mass is 9.92. The Morgan fingerprint density at radius 3 is 2.69 bits per heavy atom. The molecule has 2 aromatic heterocycles. The van der Waals surface area contributed by atoms with Crippen molar-refractivity contribution in [1.82, 2.24) is 15.0 Å². The van der Waals surface area contributed by atoms with Gasteiger partial charge in [-0.25, -0.2) is 9.97 Å². The number of methoxy groups -OCH3 is 1. The number of fused-ring (bicyclic) bond motifs is 1. The van der Waals surface area contributed by atoms with Gasteiger partial charge in [-0.15, -0.1) is 11.3 Å². The van der Waals surface area contributed by atoms with Crippen molar-refractivity contribution in [2.24, 2.45) is 17.8 Å². The first-order chi connectivity index (χ1) is 15.5. The summed E-state index contributed by atoms with van der Waals surface area (Å²) in [5.41, 5.74) is 2.84. The van der Waals surface area contributed by atoms with E-state index in [0.717, 1.165) is 51.7 Å². The molecule has 1 aromatic carbocycles. The Hall–Kier alpha value is -2.29. The van der Waals surface area contributed by atoms with Crippen molar-refractivity contribution in [3.8, 4) is 10.6 Å². The number of aromatic nitrogens is 3. The average molecular weight is 456 g/mol. The van der Waals surface area contributed by atoms with Gasteiger partial charge in [-0.05, 0) is 49.7 Å². The Morgan fingerprint density at radius 1 is 1.16 bits per heavy atom. The van der Waals surface area contributed by atoms with Gasteiger partial charge in [-0.3, -0.25) is 0 Å². The number of hydrogen-bond donors (Lipinski definition) is 3. The second kappa shape index (κ2) is 10.1. The second-order valence-corrected chi connectivity index (χ2v) is 9.79. The van der Waals surface area contributed by atoms with Gasteiger partial charge in [0, 0.05) is 32.9 Å². The largest absolute Gasteiger partial charge is 0.396 e. The van der Waals surface area contributed by atoms with Crippen LogP contribution in [-0.2, 0) is 4.74 Å². The number of nitrogens with zero attached hydrogens (tertiary/aromatic N) is 3. The maximum Gasteiger partial charge on any atom is 0.224 e. The van der Waals surface area contributed by atoms with Crippen LogP contribution in [0, 0.1) is 24.7 Å². The van der Waals surface area contributed by atoms with Gasteiger partial charge in [0.1, 0.15) is 10.8 Å². The maximum atomic E-state index is 9.80. The molecule has 1 fully saturated rings. The molecule has 0 radical (unpaired) electrons. The molecule has 4 rings (SSSR count). The molecule has 172 valence electrons. The van der Waals surface area contributed by atoms with Crippen LogP contribution in [0.2, 0.25) is 0 Å². The number of benzene rings is 1. The highest BCUT2D eigenvalue weighted by Gasteiger charge is 2.38. The first kappa shape index (κ1) is 22.9. The van der Waals surface area contributed by atoms with Gasteiger partial charge in [0.05, 0.1) is 21.5 Å². The first-order valence-corrected chi connectivity index (χ1v) is 12.2. The fourth-order valence-corrected chi connectivity index (χ4v) is 5.63. The summed E-state index contributed by atoms with van der Waals surface area (Å²) in [5, 5.41) is 17.8. The summed E-state index contributed by atoms with van der Waals surface area (Å²) in [6.45, 7) is 8.18. The number of aliphatic hydroxyl groups excluding tert-OH is 1. The molecule has 8 heteroatoms. The molecular formula is C24H33N5O2S. The van der Waals surface area contributed by atoms with Crippen LogP contribution in [0.15, 0.2) is 24.3 Å². The average Bonchev–Trinajstić information content (AvgIpc) is 3.32. The number of ether oxygens (including phenoxy) is 1. The van der Waals surface area contributed by atoms with E-state index in [4.69, 9.17) is 19.7 Å². The highest BCUT2D eigenvalue weighted by atomic mass is 32.1. The smallest absolute Gasteiger partial charge is 0.224 e. The molecule has 7 nitrogen and oxygen atoms in total. The minimum Gasteiger partial charge on any atom is -0.396 e. The minimum atomic E-state index is 0.226. The summed E-state index contributed by atoms with van der Waals surface area (Å²) in [6.07, 6.45) is 1.81. The van der Waals surface area contributed by atoms with Crippen molar-refractivity contribution in [1.29, 1.82) is 0 Å². The summed E-state index contributed by atoms with van der Waals surface area (Å²) in [7, 11) is 1.71. The zero-order valence-corrected chi connectivity index (χ0v) is 20.1. The van der Waals surface area contributed by atoms with E-state index in [0.29, 0.717) is 30.3 Å². The lowest BCUT2D eigenvalue weighted by Gasteiger charge is -2.22. The molecular weight excluding hydrogens is 422 g/mol. The third-order valence-electron chi connectivity index (χ3n) is 6.73. The molecule has 0 amide bonds. The molecule has 4 atom stereocenters. The summed E-state index contributed by atoms with van der Waals surface area (Å²) >= 11 is 1.67. The minimum absolute atomic E-state index is 0.226. The van der Waals surface area contributed by atoms with Gasteiger partial charge in [-0.2, -0.15) is 4.98 Å². The molecule has 0 aliphatic heterocycles. The number of thiazole rings is 1. The van der Waals surface area contributed by atoms with Crippen molar-refractivity contribution < 1.29 is 9.84 Å². The zero-order valence-electron chi connectivity index (χ0n) is 19.3. The van der Waals surface area contributed by atoms with Crippen LogP contribution in [0.1, 0.15) is 32.4 Å². The van der Waals surface area contributed by atoms with E-state index in [1.54, 1.807) is 18.4 Å². The van der Waals surface area contributed by atoms with Crippen LogP contribution in [0.4, 0.5) is 11.8 Å². The van der Waals surface area contributed by atoms with E-state index >= 15 is 0 Å². The van der Waals surface area contributed by atoms with E-state index in [1.165, 1.54) is 0 Å². The van der Waals surface area contributed by atoms with Gasteiger partial charge in [0.2, 0.25) is 5.95 Å². The normalized spacial score (nSPS) is 23.0. The quantitative estimate of drug-likeness (QED) is 0.407. The molecule has 32 heavy (non-hydrogen) atoms. The summed E-state index contributed by atoms with van der Waals surface area (Å²) in [6, 6.07) is 8.43. The third-order valence-corrected chi connectivity index (χ3v) is 7.78. The molecule has 0 bridgehead atoms. The van der Waals surface area contributed by atoms with E-state index in [1.807, 2.05) is 25.1 Å². The summed E-state index contributed by atoms with van der Waals surface area (Å²) in [5.74, 6) is 2.63. The first-order valence-electron chi connectivity index (χ1n) is 11.4. The molecule has 0 unspecified atom stereocenters. The van der Waals surface area contributed by atoms with Gasteiger partial charge in [0.25, 0.3) is 0 Å². The third kappa shape index (κ3) is 4.72. The van der Waals surface area contributed by atoms with Crippen molar-refractivity contribution in [2.45, 2.75) is 39.7 Å². The Labute approximate surface area is 193 Å². The predicted octanol–water partition coefficient (Wildman–Crippen LogP) is 4.58. The van der Waals surface area contributed by atoms with Gasteiger partial charge >= 0.3 is 0 Å². The monoisotopic (exact) mass is 455 g/mol.